The Morgan fingerprint density at radius 2 is 1.69 bits per heavy atom. The van der Waals surface area contributed by atoms with Crippen molar-refractivity contribution in [3.05, 3.63) is 41.5 Å². The summed E-state index contributed by atoms with van der Waals surface area (Å²) in [6.45, 7) is 5.27. The number of nitrogens with zero attached hydrogens (tertiary/aromatic N) is 1. The Bertz CT molecular complexity index is 579. The average molecular weight is 355 g/mol. The van der Waals surface area contributed by atoms with Gasteiger partial charge in [-0.25, -0.2) is 0 Å². The van der Waals surface area contributed by atoms with Crippen LogP contribution in [0.4, 0.5) is 0 Å². The van der Waals surface area contributed by atoms with Crippen molar-refractivity contribution in [3.8, 4) is 0 Å². The first-order valence-corrected chi connectivity index (χ1v) is 10.5. The van der Waals surface area contributed by atoms with Gasteiger partial charge < -0.3 is 5.32 Å². The standard InChI is InChI=1S/C23H34N2O/c1-19(17-20-9-5-4-6-10-20)18-25-15-13-21(14-16-25)23(26)24-22-11-7-2-3-8-12-22/h4-6,9-10,17,21-22H,2-3,7-8,11-16,18H2,1H3,(H,24,26). The van der Waals surface area contributed by atoms with E-state index < -0.39 is 0 Å². The Kier molecular flexibility index (Phi) is 7.31. The smallest absolute Gasteiger partial charge is 0.223 e. The highest BCUT2D eigenvalue weighted by molar-refractivity contribution is 5.79. The number of amides is 1. The third-order valence-electron chi connectivity index (χ3n) is 5.85. The van der Waals surface area contributed by atoms with Crippen LogP contribution in [0.2, 0.25) is 0 Å². The van der Waals surface area contributed by atoms with E-state index in [2.05, 4.69) is 53.5 Å². The van der Waals surface area contributed by atoms with Gasteiger partial charge in [-0.3, -0.25) is 9.69 Å². The number of nitrogens with one attached hydrogen (secondary N) is 1. The van der Waals surface area contributed by atoms with Crippen molar-refractivity contribution >= 4 is 12.0 Å². The minimum absolute atomic E-state index is 0.216. The monoisotopic (exact) mass is 354 g/mol. The first-order valence-electron chi connectivity index (χ1n) is 10.5. The van der Waals surface area contributed by atoms with E-state index in [1.807, 2.05) is 0 Å². The van der Waals surface area contributed by atoms with E-state index >= 15 is 0 Å². The Morgan fingerprint density at radius 1 is 1.04 bits per heavy atom. The SMILES string of the molecule is CC(=Cc1ccccc1)CN1CCC(C(=O)NC2CCCCCC2)CC1. The van der Waals surface area contributed by atoms with Crippen LogP contribution >= 0.6 is 0 Å². The Labute approximate surface area is 158 Å². The van der Waals surface area contributed by atoms with Crippen LogP contribution in [-0.2, 0) is 4.79 Å². The zero-order chi connectivity index (χ0) is 18.2. The molecule has 1 aromatic carbocycles. The van der Waals surface area contributed by atoms with Crippen LogP contribution < -0.4 is 5.32 Å². The highest BCUT2D eigenvalue weighted by Crippen LogP contribution is 2.21. The molecule has 1 aliphatic carbocycles. The second-order valence-corrected chi connectivity index (χ2v) is 8.15. The number of carbonyl (C=O) groups excluding carboxylic acids is 1. The van der Waals surface area contributed by atoms with Crippen molar-refractivity contribution in [1.29, 1.82) is 0 Å². The molecule has 1 saturated carbocycles. The lowest BCUT2D eigenvalue weighted by Crippen LogP contribution is -2.44. The summed E-state index contributed by atoms with van der Waals surface area (Å²) in [4.78, 5) is 15.1. The average Bonchev–Trinajstić information content (AvgIpc) is 2.91. The van der Waals surface area contributed by atoms with Gasteiger partial charge in [-0.05, 0) is 51.3 Å². The van der Waals surface area contributed by atoms with Crippen molar-refractivity contribution in [1.82, 2.24) is 10.2 Å². The van der Waals surface area contributed by atoms with Gasteiger partial charge in [0.05, 0.1) is 0 Å². The molecule has 3 rings (SSSR count). The number of rotatable bonds is 5. The fourth-order valence-electron chi connectivity index (χ4n) is 4.33. The summed E-state index contributed by atoms with van der Waals surface area (Å²) < 4.78 is 0. The quantitative estimate of drug-likeness (QED) is 0.781. The van der Waals surface area contributed by atoms with Crippen LogP contribution in [0.25, 0.3) is 6.08 Å². The predicted octanol–water partition coefficient (Wildman–Crippen LogP) is 4.64. The molecular formula is C23H34N2O. The van der Waals surface area contributed by atoms with Crippen LogP contribution in [-0.4, -0.2) is 36.5 Å². The van der Waals surface area contributed by atoms with Crippen molar-refractivity contribution in [2.75, 3.05) is 19.6 Å². The van der Waals surface area contributed by atoms with Gasteiger partial charge in [-0.1, -0.05) is 67.7 Å². The normalized spacial score (nSPS) is 21.3. The summed E-state index contributed by atoms with van der Waals surface area (Å²) in [5.74, 6) is 0.529. The highest BCUT2D eigenvalue weighted by atomic mass is 16.1. The zero-order valence-electron chi connectivity index (χ0n) is 16.3. The van der Waals surface area contributed by atoms with E-state index in [4.69, 9.17) is 0 Å². The number of hydrogen-bond acceptors (Lipinski definition) is 2. The molecular weight excluding hydrogens is 320 g/mol. The first-order chi connectivity index (χ1) is 12.7. The van der Waals surface area contributed by atoms with Crippen LogP contribution in [0.5, 0.6) is 0 Å². The molecule has 3 heteroatoms. The van der Waals surface area contributed by atoms with E-state index in [-0.39, 0.29) is 5.92 Å². The third kappa shape index (κ3) is 5.98. The van der Waals surface area contributed by atoms with Gasteiger partial charge in [-0.2, -0.15) is 0 Å². The summed E-state index contributed by atoms with van der Waals surface area (Å²) in [6.07, 6.45) is 11.8. The maximum Gasteiger partial charge on any atom is 0.223 e. The second kappa shape index (κ2) is 9.91. The number of carbonyl (C=O) groups is 1. The largest absolute Gasteiger partial charge is 0.353 e. The Balaban J connectivity index is 1.42. The molecule has 142 valence electrons. The van der Waals surface area contributed by atoms with Crippen molar-refractivity contribution in [2.24, 2.45) is 5.92 Å². The molecule has 1 amide bonds. The minimum atomic E-state index is 0.216. The molecule has 1 saturated heterocycles. The molecule has 1 heterocycles. The molecule has 0 unspecified atom stereocenters. The van der Waals surface area contributed by atoms with Gasteiger partial charge >= 0.3 is 0 Å². The number of likely N-dealkylation sites (tertiary alicyclic amines) is 1. The second-order valence-electron chi connectivity index (χ2n) is 8.15. The number of hydrogen-bond donors (Lipinski definition) is 1. The first kappa shape index (κ1) is 19.2. The summed E-state index contributed by atoms with van der Waals surface area (Å²) in [6, 6.07) is 10.9. The molecule has 0 aromatic heterocycles. The van der Waals surface area contributed by atoms with Crippen LogP contribution in [0.3, 0.4) is 0 Å². The molecule has 2 aliphatic rings. The summed E-state index contributed by atoms with van der Waals surface area (Å²) >= 11 is 0. The number of benzene rings is 1. The zero-order valence-corrected chi connectivity index (χ0v) is 16.3. The Hall–Kier alpha value is -1.61. The van der Waals surface area contributed by atoms with Gasteiger partial charge in [0.15, 0.2) is 0 Å². The molecule has 0 atom stereocenters. The topological polar surface area (TPSA) is 32.3 Å². The van der Waals surface area contributed by atoms with Crippen molar-refractivity contribution in [3.63, 3.8) is 0 Å². The molecule has 1 N–H and O–H groups in total. The van der Waals surface area contributed by atoms with E-state index in [1.54, 1.807) is 0 Å². The molecule has 2 fully saturated rings. The number of piperidine rings is 1. The predicted molar refractivity (Wildman–Crippen MR) is 109 cm³/mol. The maximum atomic E-state index is 12.6. The molecule has 26 heavy (non-hydrogen) atoms. The maximum absolute atomic E-state index is 12.6. The summed E-state index contributed by atoms with van der Waals surface area (Å²) in [5, 5.41) is 3.35. The van der Waals surface area contributed by atoms with Crippen LogP contribution in [0.15, 0.2) is 35.9 Å². The molecule has 3 nitrogen and oxygen atoms in total. The fourth-order valence-corrected chi connectivity index (χ4v) is 4.33. The van der Waals surface area contributed by atoms with Gasteiger partial charge in [0, 0.05) is 18.5 Å². The van der Waals surface area contributed by atoms with Gasteiger partial charge in [0.25, 0.3) is 0 Å². The summed E-state index contributed by atoms with van der Waals surface area (Å²) in [5.41, 5.74) is 2.65. The van der Waals surface area contributed by atoms with E-state index in [0.29, 0.717) is 11.9 Å². The van der Waals surface area contributed by atoms with Crippen LogP contribution in [0, 0.1) is 5.92 Å². The minimum Gasteiger partial charge on any atom is -0.353 e. The fraction of sp³-hybridized carbons (Fsp3) is 0.609. The van der Waals surface area contributed by atoms with Gasteiger partial charge in [0.2, 0.25) is 5.91 Å². The van der Waals surface area contributed by atoms with E-state index in [9.17, 15) is 4.79 Å². The third-order valence-corrected chi connectivity index (χ3v) is 5.85. The van der Waals surface area contributed by atoms with Crippen molar-refractivity contribution < 1.29 is 4.79 Å². The van der Waals surface area contributed by atoms with Gasteiger partial charge in [0.1, 0.15) is 0 Å². The molecule has 1 aliphatic heterocycles. The molecule has 0 spiro atoms. The molecule has 0 bridgehead atoms. The van der Waals surface area contributed by atoms with Gasteiger partial charge in [-0.15, -0.1) is 0 Å². The van der Waals surface area contributed by atoms with Crippen LogP contribution in [0.1, 0.15) is 63.9 Å². The Morgan fingerprint density at radius 3 is 2.35 bits per heavy atom. The van der Waals surface area contributed by atoms with E-state index in [1.165, 1.54) is 49.7 Å². The summed E-state index contributed by atoms with van der Waals surface area (Å²) in [7, 11) is 0. The lowest BCUT2D eigenvalue weighted by Gasteiger charge is -2.32. The highest BCUT2D eigenvalue weighted by Gasteiger charge is 2.26. The van der Waals surface area contributed by atoms with Crippen molar-refractivity contribution in [2.45, 2.75) is 64.3 Å². The molecule has 0 radical (unpaired) electrons. The molecule has 1 aromatic rings. The van der Waals surface area contributed by atoms with E-state index in [0.717, 1.165) is 32.5 Å². The lowest BCUT2D eigenvalue weighted by molar-refractivity contribution is -0.127. The lowest BCUT2D eigenvalue weighted by atomic mass is 9.94.